The first kappa shape index (κ1) is 17.6. The topological polar surface area (TPSA) is 72.7 Å². The standard InChI is InChI=1S/C19H17N5OS2/c1-11-4-6-13(7-5-11)16-12(2)27-19(22-16)23-17(25)15-10-26-18(21-15)14-8-20-24(3)9-14/h4-10H,1-3H3,(H,22,23,25). The van der Waals surface area contributed by atoms with E-state index in [1.165, 1.54) is 28.2 Å². The van der Waals surface area contributed by atoms with Crippen molar-refractivity contribution in [2.45, 2.75) is 13.8 Å². The maximum Gasteiger partial charge on any atom is 0.276 e. The molecule has 0 aliphatic carbocycles. The monoisotopic (exact) mass is 395 g/mol. The number of thiazole rings is 2. The second-order valence-corrected chi connectivity index (χ2v) is 8.25. The molecule has 4 aromatic rings. The number of aryl methyl sites for hydroxylation is 3. The Hall–Kier alpha value is -2.84. The molecule has 0 atom stereocenters. The lowest BCUT2D eigenvalue weighted by Crippen LogP contribution is -2.12. The predicted octanol–water partition coefficient (Wildman–Crippen LogP) is 4.54. The molecular formula is C19H17N5OS2. The van der Waals surface area contributed by atoms with Gasteiger partial charge in [-0.15, -0.1) is 22.7 Å². The van der Waals surface area contributed by atoms with Gasteiger partial charge in [-0.25, -0.2) is 9.97 Å². The van der Waals surface area contributed by atoms with Gasteiger partial charge in [-0.3, -0.25) is 14.8 Å². The summed E-state index contributed by atoms with van der Waals surface area (Å²) in [7, 11) is 1.85. The molecule has 0 saturated carbocycles. The number of amides is 1. The van der Waals surface area contributed by atoms with Crippen molar-refractivity contribution in [3.63, 3.8) is 0 Å². The zero-order chi connectivity index (χ0) is 19.0. The van der Waals surface area contributed by atoms with Gasteiger partial charge in [0, 0.05) is 34.6 Å². The Bertz CT molecular complexity index is 1110. The summed E-state index contributed by atoms with van der Waals surface area (Å²) in [5.41, 5.74) is 4.41. The molecule has 0 saturated heterocycles. The highest BCUT2D eigenvalue weighted by atomic mass is 32.1. The minimum Gasteiger partial charge on any atom is -0.296 e. The molecule has 8 heteroatoms. The first-order valence-corrected chi connectivity index (χ1v) is 9.99. The molecule has 0 fully saturated rings. The molecule has 4 rings (SSSR count). The molecule has 27 heavy (non-hydrogen) atoms. The van der Waals surface area contributed by atoms with Crippen molar-refractivity contribution in [1.29, 1.82) is 0 Å². The molecule has 1 N–H and O–H groups in total. The molecule has 0 aliphatic heterocycles. The Labute approximate surface area is 164 Å². The Kier molecular flexibility index (Phi) is 4.59. The van der Waals surface area contributed by atoms with Crippen molar-refractivity contribution in [2.75, 3.05) is 5.32 Å². The van der Waals surface area contributed by atoms with Gasteiger partial charge in [0.15, 0.2) is 5.13 Å². The number of hydrogen-bond acceptors (Lipinski definition) is 6. The van der Waals surface area contributed by atoms with Crippen molar-refractivity contribution in [1.82, 2.24) is 19.7 Å². The fourth-order valence-corrected chi connectivity index (χ4v) is 4.24. The van der Waals surface area contributed by atoms with E-state index in [1.807, 2.05) is 32.3 Å². The van der Waals surface area contributed by atoms with Crippen molar-refractivity contribution < 1.29 is 4.79 Å². The lowest BCUT2D eigenvalue weighted by molar-refractivity contribution is 0.102. The van der Waals surface area contributed by atoms with Crippen LogP contribution in [-0.2, 0) is 7.05 Å². The summed E-state index contributed by atoms with van der Waals surface area (Å²) < 4.78 is 1.71. The third kappa shape index (κ3) is 3.67. The Morgan fingerprint density at radius 1 is 1.11 bits per heavy atom. The lowest BCUT2D eigenvalue weighted by Gasteiger charge is -1.99. The molecule has 0 unspecified atom stereocenters. The number of benzene rings is 1. The van der Waals surface area contributed by atoms with Crippen LogP contribution in [0, 0.1) is 13.8 Å². The van der Waals surface area contributed by atoms with Gasteiger partial charge in [-0.05, 0) is 13.8 Å². The Morgan fingerprint density at radius 3 is 2.59 bits per heavy atom. The molecule has 1 aromatic carbocycles. The van der Waals surface area contributed by atoms with Gasteiger partial charge >= 0.3 is 0 Å². The van der Waals surface area contributed by atoms with E-state index in [9.17, 15) is 4.79 Å². The number of rotatable bonds is 4. The molecule has 0 bridgehead atoms. The number of aromatic nitrogens is 4. The quantitative estimate of drug-likeness (QED) is 0.551. The summed E-state index contributed by atoms with van der Waals surface area (Å²) in [6.07, 6.45) is 3.61. The number of carbonyl (C=O) groups is 1. The Balaban J connectivity index is 1.53. The minimum absolute atomic E-state index is 0.259. The van der Waals surface area contributed by atoms with E-state index in [4.69, 9.17) is 0 Å². The van der Waals surface area contributed by atoms with Gasteiger partial charge in [0.1, 0.15) is 10.7 Å². The summed E-state index contributed by atoms with van der Waals surface area (Å²) in [5.74, 6) is -0.259. The molecule has 0 radical (unpaired) electrons. The van der Waals surface area contributed by atoms with Gasteiger partial charge < -0.3 is 0 Å². The van der Waals surface area contributed by atoms with Gasteiger partial charge in [0.05, 0.1) is 11.9 Å². The van der Waals surface area contributed by atoms with Crippen molar-refractivity contribution in [3.05, 3.63) is 58.2 Å². The van der Waals surface area contributed by atoms with Crippen LogP contribution in [0.5, 0.6) is 0 Å². The highest BCUT2D eigenvalue weighted by Crippen LogP contribution is 2.31. The fourth-order valence-electron chi connectivity index (χ4n) is 2.63. The van der Waals surface area contributed by atoms with Gasteiger partial charge in [0.2, 0.25) is 0 Å². The number of anilines is 1. The summed E-state index contributed by atoms with van der Waals surface area (Å²) in [5, 5.41) is 10.1. The van der Waals surface area contributed by atoms with Crippen molar-refractivity contribution >= 4 is 33.7 Å². The van der Waals surface area contributed by atoms with Crippen LogP contribution < -0.4 is 5.32 Å². The van der Waals surface area contributed by atoms with Crippen molar-refractivity contribution in [3.8, 4) is 21.8 Å². The number of hydrogen-bond donors (Lipinski definition) is 1. The molecule has 136 valence electrons. The van der Waals surface area contributed by atoms with E-state index in [0.717, 1.165) is 26.7 Å². The third-order valence-corrected chi connectivity index (χ3v) is 5.81. The number of nitrogens with one attached hydrogen (secondary N) is 1. The van der Waals surface area contributed by atoms with E-state index in [-0.39, 0.29) is 5.91 Å². The molecule has 1 amide bonds. The zero-order valence-electron chi connectivity index (χ0n) is 15.1. The summed E-state index contributed by atoms with van der Waals surface area (Å²) >= 11 is 2.88. The highest BCUT2D eigenvalue weighted by Gasteiger charge is 2.16. The van der Waals surface area contributed by atoms with Gasteiger partial charge in [-0.1, -0.05) is 29.8 Å². The molecule has 6 nitrogen and oxygen atoms in total. The van der Waals surface area contributed by atoms with Crippen LogP contribution in [0.15, 0.2) is 42.0 Å². The molecule has 3 heterocycles. The van der Waals surface area contributed by atoms with E-state index >= 15 is 0 Å². The van der Waals surface area contributed by atoms with Crippen LogP contribution in [0.4, 0.5) is 5.13 Å². The first-order valence-electron chi connectivity index (χ1n) is 8.30. The van der Waals surface area contributed by atoms with Crippen LogP contribution in [-0.4, -0.2) is 25.7 Å². The first-order chi connectivity index (χ1) is 13.0. The van der Waals surface area contributed by atoms with Crippen LogP contribution in [0.1, 0.15) is 20.9 Å². The zero-order valence-corrected chi connectivity index (χ0v) is 16.7. The lowest BCUT2D eigenvalue weighted by atomic mass is 10.1. The fraction of sp³-hybridized carbons (Fsp3) is 0.158. The number of carbonyl (C=O) groups excluding carboxylic acids is 1. The largest absolute Gasteiger partial charge is 0.296 e. The summed E-state index contributed by atoms with van der Waals surface area (Å²) in [6, 6.07) is 8.20. The SMILES string of the molecule is Cc1ccc(-c2nc(NC(=O)c3csc(-c4cnn(C)c4)n3)sc2C)cc1. The predicted molar refractivity (Wildman–Crippen MR) is 109 cm³/mol. The number of nitrogens with zero attached hydrogens (tertiary/aromatic N) is 4. The maximum absolute atomic E-state index is 12.5. The van der Waals surface area contributed by atoms with E-state index < -0.39 is 0 Å². The molecule has 0 spiro atoms. The van der Waals surface area contributed by atoms with E-state index in [2.05, 4.69) is 39.4 Å². The summed E-state index contributed by atoms with van der Waals surface area (Å²) in [4.78, 5) is 22.6. The van der Waals surface area contributed by atoms with Crippen LogP contribution in [0.2, 0.25) is 0 Å². The second kappa shape index (κ2) is 7.05. The average Bonchev–Trinajstić information content (AvgIpc) is 3.35. The normalized spacial score (nSPS) is 10.9. The molecular weight excluding hydrogens is 378 g/mol. The van der Waals surface area contributed by atoms with Gasteiger partial charge in [0.25, 0.3) is 5.91 Å². The van der Waals surface area contributed by atoms with Gasteiger partial charge in [-0.2, -0.15) is 5.10 Å². The van der Waals surface area contributed by atoms with Crippen LogP contribution in [0.3, 0.4) is 0 Å². The molecule has 3 aromatic heterocycles. The third-order valence-electron chi connectivity index (χ3n) is 4.03. The van der Waals surface area contributed by atoms with E-state index in [1.54, 1.807) is 16.3 Å². The minimum atomic E-state index is -0.259. The Morgan fingerprint density at radius 2 is 1.89 bits per heavy atom. The van der Waals surface area contributed by atoms with Crippen molar-refractivity contribution in [2.24, 2.45) is 7.05 Å². The average molecular weight is 396 g/mol. The smallest absolute Gasteiger partial charge is 0.276 e. The second-order valence-electron chi connectivity index (χ2n) is 6.18. The highest BCUT2D eigenvalue weighted by molar-refractivity contribution is 7.16. The maximum atomic E-state index is 12.5. The van der Waals surface area contributed by atoms with Crippen LogP contribution >= 0.6 is 22.7 Å². The molecule has 0 aliphatic rings. The van der Waals surface area contributed by atoms with Crippen LogP contribution in [0.25, 0.3) is 21.8 Å². The van der Waals surface area contributed by atoms with E-state index in [0.29, 0.717) is 10.8 Å². The summed E-state index contributed by atoms with van der Waals surface area (Å²) in [6.45, 7) is 4.06.